The van der Waals surface area contributed by atoms with Gasteiger partial charge in [-0.15, -0.1) is 0 Å². The topological polar surface area (TPSA) is 190 Å². The number of nitrogens with zero attached hydrogens (tertiary/aromatic N) is 3. The number of aliphatic hydroxyl groups is 3. The first-order chi connectivity index (χ1) is 15.0. The van der Waals surface area contributed by atoms with Gasteiger partial charge in [-0.1, -0.05) is 7.43 Å². The highest BCUT2D eigenvalue weighted by Crippen LogP contribution is 2.53. The first-order valence-corrected chi connectivity index (χ1v) is 9.81. The number of hydrogen-bond acceptors (Lipinski definition) is 9. The van der Waals surface area contributed by atoms with Crippen LogP contribution in [0.3, 0.4) is 0 Å². The highest BCUT2D eigenvalue weighted by molar-refractivity contribution is 6.24. The van der Waals surface area contributed by atoms with Crippen molar-refractivity contribution in [3.63, 3.8) is 0 Å². The molecule has 174 valence electrons. The van der Waals surface area contributed by atoms with E-state index in [0.717, 1.165) is 0 Å². The van der Waals surface area contributed by atoms with E-state index in [0.29, 0.717) is 0 Å². The molecule has 3 aliphatic rings. The van der Waals surface area contributed by atoms with Crippen LogP contribution in [-0.4, -0.2) is 68.5 Å². The first-order valence-electron chi connectivity index (χ1n) is 9.81. The Hall–Kier alpha value is -3.75. The lowest BCUT2D eigenvalue weighted by Gasteiger charge is -2.50. The van der Waals surface area contributed by atoms with Crippen molar-refractivity contribution in [3.05, 3.63) is 45.1 Å². The summed E-state index contributed by atoms with van der Waals surface area (Å²) in [5.41, 5.74) is 1.70. The number of diazo groups is 1. The number of phenolic OH excluding ortho intramolecular Hbond substituents is 1. The Balaban J connectivity index is 0.00000306. The minimum absolute atomic E-state index is 0. The molecular formula is C22H25N4O7+. The molecule has 11 nitrogen and oxygen atoms in total. The number of nitrogens with two attached hydrogens (primary N) is 1. The highest BCUT2D eigenvalue weighted by atomic mass is 16.3. The zero-order valence-corrected chi connectivity index (χ0v) is 17.2. The summed E-state index contributed by atoms with van der Waals surface area (Å²) in [7, 11) is 3.04. The molecule has 1 aromatic carbocycles. The zero-order chi connectivity index (χ0) is 23.7. The number of benzene rings is 1. The van der Waals surface area contributed by atoms with E-state index in [1.54, 1.807) is 0 Å². The highest BCUT2D eigenvalue weighted by Gasteiger charge is 2.64. The normalized spacial score (nSPS) is 28.5. The Labute approximate surface area is 189 Å². The number of phenols is 1. The molecule has 4 atom stereocenters. The van der Waals surface area contributed by atoms with Gasteiger partial charge in [-0.3, -0.25) is 19.3 Å². The third-order valence-electron chi connectivity index (χ3n) is 6.69. The van der Waals surface area contributed by atoms with Gasteiger partial charge >= 0.3 is 5.69 Å². The summed E-state index contributed by atoms with van der Waals surface area (Å²) in [5.74, 6) is -7.24. The number of carbonyl (C=O) groups excluding carboxylic acids is 3. The average molecular weight is 457 g/mol. The molecule has 0 aromatic heterocycles. The van der Waals surface area contributed by atoms with Crippen molar-refractivity contribution in [1.29, 1.82) is 5.39 Å². The SMILES string of the molecule is C.CN(C)[C@@H]1C(=O)C(C(N)=O)=C(O)[C@@]2(O)C(=O)C3=C(O)c4c(O)ccc([N+]#N)c4CC3CC12. The molecule has 0 heterocycles. The monoisotopic (exact) mass is 457 g/mol. The fourth-order valence-electron chi connectivity index (χ4n) is 5.32. The zero-order valence-electron chi connectivity index (χ0n) is 17.2. The Kier molecular flexibility index (Phi) is 5.57. The van der Waals surface area contributed by atoms with Gasteiger partial charge in [0.15, 0.2) is 16.4 Å². The lowest BCUT2D eigenvalue weighted by Crippen LogP contribution is -2.65. The molecule has 0 radical (unpaired) electrons. The van der Waals surface area contributed by atoms with E-state index in [9.17, 15) is 40.2 Å². The molecule has 0 bridgehead atoms. The molecule has 0 aliphatic heterocycles. The molecular weight excluding hydrogens is 432 g/mol. The molecule has 0 spiro atoms. The summed E-state index contributed by atoms with van der Waals surface area (Å²) in [4.78, 5) is 43.0. The fraction of sp³-hybridized carbons (Fsp3) is 0.409. The van der Waals surface area contributed by atoms with Gasteiger partial charge in [-0.05, 0) is 38.9 Å². The van der Waals surface area contributed by atoms with E-state index in [-0.39, 0.29) is 48.4 Å². The second kappa shape index (κ2) is 7.68. The molecule has 6 N–H and O–H groups in total. The number of ketones is 2. The number of aliphatic hydroxyl groups excluding tert-OH is 2. The van der Waals surface area contributed by atoms with Crippen LogP contribution in [0.4, 0.5) is 5.69 Å². The van der Waals surface area contributed by atoms with Gasteiger partial charge in [0.25, 0.3) is 5.91 Å². The van der Waals surface area contributed by atoms with E-state index in [2.05, 4.69) is 4.98 Å². The van der Waals surface area contributed by atoms with Crippen molar-refractivity contribution in [2.75, 3.05) is 14.1 Å². The Bertz CT molecular complexity index is 1210. The number of amides is 1. The van der Waals surface area contributed by atoms with Crippen LogP contribution >= 0.6 is 0 Å². The van der Waals surface area contributed by atoms with Gasteiger partial charge in [0, 0.05) is 17.6 Å². The Morgan fingerprint density at radius 1 is 1.24 bits per heavy atom. The molecule has 1 fully saturated rings. The van der Waals surface area contributed by atoms with Gasteiger partial charge in [-0.2, -0.15) is 0 Å². The van der Waals surface area contributed by atoms with Gasteiger partial charge < -0.3 is 26.2 Å². The maximum atomic E-state index is 13.6. The maximum absolute atomic E-state index is 13.6. The molecule has 2 unspecified atom stereocenters. The molecule has 4 rings (SSSR count). The van der Waals surface area contributed by atoms with Crippen molar-refractivity contribution in [1.82, 2.24) is 4.90 Å². The number of likely N-dealkylation sites (N-methyl/N-ethyl adjacent to an activating group) is 1. The van der Waals surface area contributed by atoms with Crippen LogP contribution in [0, 0.1) is 17.2 Å². The lowest BCUT2D eigenvalue weighted by atomic mass is 9.57. The van der Waals surface area contributed by atoms with E-state index < -0.39 is 58.0 Å². The summed E-state index contributed by atoms with van der Waals surface area (Å²) in [5, 5.41) is 52.7. The minimum atomic E-state index is -2.68. The predicted octanol–water partition coefficient (Wildman–Crippen LogP) is 1.08. The third kappa shape index (κ3) is 2.95. The van der Waals surface area contributed by atoms with E-state index >= 15 is 0 Å². The molecule has 3 aliphatic carbocycles. The molecule has 1 aromatic rings. The van der Waals surface area contributed by atoms with Crippen LogP contribution < -0.4 is 5.73 Å². The smallest absolute Gasteiger partial charge is 0.389 e. The molecule has 11 heteroatoms. The van der Waals surface area contributed by atoms with Crippen LogP contribution in [0.2, 0.25) is 0 Å². The average Bonchev–Trinajstić information content (AvgIpc) is 2.70. The Morgan fingerprint density at radius 3 is 2.42 bits per heavy atom. The van der Waals surface area contributed by atoms with Gasteiger partial charge in [-0.25, -0.2) is 0 Å². The first kappa shape index (κ1) is 23.9. The van der Waals surface area contributed by atoms with Crippen LogP contribution in [0.1, 0.15) is 25.0 Å². The lowest BCUT2D eigenvalue weighted by molar-refractivity contribution is -0.153. The van der Waals surface area contributed by atoms with Gasteiger partial charge in [0.1, 0.15) is 22.8 Å². The molecule has 33 heavy (non-hydrogen) atoms. The van der Waals surface area contributed by atoms with E-state index in [1.165, 1.54) is 31.1 Å². The van der Waals surface area contributed by atoms with Crippen LogP contribution in [0.15, 0.2) is 29.0 Å². The molecule has 1 amide bonds. The fourth-order valence-corrected chi connectivity index (χ4v) is 5.32. The standard InChI is InChI=1S/C21H20N4O7.CH4/c1-25(2)15-9-6-7-5-8-10(24-23)3-4-11(26)13(8)16(27)12(7)18(29)21(9,32)19(30)14(17(15)28)20(22)31;/h3-4,7,9,15,32H,5-6H2,1-2H3,(H4-,22,26,27,28,29,30,31);1H4/p+1/t7?,9?,15-,21-;/m0./s1. The predicted molar refractivity (Wildman–Crippen MR) is 116 cm³/mol. The summed E-state index contributed by atoms with van der Waals surface area (Å²) in [6.07, 6.45) is 0.0224. The minimum Gasteiger partial charge on any atom is -0.508 e. The van der Waals surface area contributed by atoms with Crippen LogP contribution in [0.25, 0.3) is 10.7 Å². The molecule has 0 saturated heterocycles. The largest absolute Gasteiger partial charge is 0.508 e. The summed E-state index contributed by atoms with van der Waals surface area (Å²) >= 11 is 0. The van der Waals surface area contributed by atoms with Crippen molar-refractivity contribution in [2.45, 2.75) is 31.9 Å². The van der Waals surface area contributed by atoms with E-state index in [4.69, 9.17) is 5.73 Å². The second-order valence-electron chi connectivity index (χ2n) is 8.52. The van der Waals surface area contributed by atoms with Crippen molar-refractivity contribution < 1.29 is 34.8 Å². The number of hydrogen-bond donors (Lipinski definition) is 5. The quantitative estimate of drug-likeness (QED) is 0.319. The number of carbonyl (C=O) groups is 3. The number of fused-ring (bicyclic) bond motifs is 3. The maximum Gasteiger partial charge on any atom is 0.389 e. The van der Waals surface area contributed by atoms with Crippen LogP contribution in [-0.2, 0) is 20.8 Å². The summed E-state index contributed by atoms with van der Waals surface area (Å²) in [6, 6.07) is 1.37. The number of Topliss-reactive ketones (excluding diaryl/α,β-unsaturated/α-hetero) is 2. The van der Waals surface area contributed by atoms with Gasteiger partial charge in [0.05, 0.1) is 17.2 Å². The summed E-state index contributed by atoms with van der Waals surface area (Å²) in [6.45, 7) is 0. The van der Waals surface area contributed by atoms with Crippen LogP contribution in [0.5, 0.6) is 5.75 Å². The van der Waals surface area contributed by atoms with Gasteiger partial charge in [0.2, 0.25) is 11.2 Å². The molecule has 1 saturated carbocycles. The number of primary amides is 1. The third-order valence-corrected chi connectivity index (χ3v) is 6.69. The Morgan fingerprint density at radius 2 is 1.88 bits per heavy atom. The van der Waals surface area contributed by atoms with E-state index in [1.807, 2.05) is 0 Å². The van der Waals surface area contributed by atoms with Crippen molar-refractivity contribution >= 4 is 28.9 Å². The van der Waals surface area contributed by atoms with Crippen molar-refractivity contribution in [3.8, 4) is 5.75 Å². The number of aromatic hydroxyl groups is 1. The second-order valence-corrected chi connectivity index (χ2v) is 8.52. The summed E-state index contributed by atoms with van der Waals surface area (Å²) < 4.78 is 0. The number of rotatable bonds is 2. The van der Waals surface area contributed by atoms with Crippen molar-refractivity contribution in [2.24, 2.45) is 17.6 Å².